The molecule has 10 heteroatoms. The molecule has 0 aliphatic carbocycles. The summed E-state index contributed by atoms with van der Waals surface area (Å²) in [6, 6.07) is 0. The van der Waals surface area contributed by atoms with Gasteiger partial charge in [-0.2, -0.15) is 0 Å². The Morgan fingerprint density at radius 1 is 1.36 bits per heavy atom. The molecule has 0 spiro atoms. The molecule has 1 N–H and O–H groups in total. The summed E-state index contributed by atoms with van der Waals surface area (Å²) < 4.78 is 9.42. The second-order valence-electron chi connectivity index (χ2n) is 5.76. The van der Waals surface area contributed by atoms with E-state index in [9.17, 15) is 14.8 Å². The lowest BCUT2D eigenvalue weighted by atomic mass is 9.98. The van der Waals surface area contributed by atoms with Gasteiger partial charge in [-0.3, -0.25) is 4.79 Å². The first-order chi connectivity index (χ1) is 10.2. The summed E-state index contributed by atoms with van der Waals surface area (Å²) >= 11 is 0. The topological polar surface area (TPSA) is 124 Å². The quantitative estimate of drug-likeness (QED) is 0.202. The van der Waals surface area contributed by atoms with Gasteiger partial charge < -0.3 is 24.6 Å². The van der Waals surface area contributed by atoms with Gasteiger partial charge in [0.15, 0.2) is 0 Å². The Balaban J connectivity index is 2.26. The van der Waals surface area contributed by atoms with Crippen molar-refractivity contribution in [3.05, 3.63) is 5.21 Å². The maximum Gasteiger partial charge on any atom is 0.511 e. The lowest BCUT2D eigenvalue weighted by Gasteiger charge is -2.25. The van der Waals surface area contributed by atoms with Gasteiger partial charge in [0.1, 0.15) is 5.60 Å². The molecule has 0 saturated carbocycles. The number of carbonyl (C=O) groups is 2. The number of hydrogen-bond acceptors (Lipinski definition) is 7. The smallest absolute Gasteiger partial charge is 0.511 e. The van der Waals surface area contributed by atoms with Crippen LogP contribution in [0.4, 0.5) is 4.79 Å². The number of hydrogen-bond donors (Lipinski definition) is 1. The standard InChI is InChI=1S/C12H21N3O7/c1-12(2,3)22-11(18)20-8-21-13-15(19)14-6-4-9(5-7-14)10(16)17/h9H,4-8H2,1-3H3,(H,16,17)/b15-13-. The Hall–Kier alpha value is -2.26. The average molecular weight is 319 g/mol. The van der Waals surface area contributed by atoms with E-state index in [0.29, 0.717) is 12.8 Å². The highest BCUT2D eigenvalue weighted by Crippen LogP contribution is 2.17. The van der Waals surface area contributed by atoms with Gasteiger partial charge >= 0.3 is 12.1 Å². The van der Waals surface area contributed by atoms with E-state index in [2.05, 4.69) is 14.9 Å². The van der Waals surface area contributed by atoms with E-state index in [-0.39, 0.29) is 18.1 Å². The van der Waals surface area contributed by atoms with Crippen molar-refractivity contribution in [2.75, 3.05) is 19.9 Å². The first kappa shape index (κ1) is 17.8. The van der Waals surface area contributed by atoms with Gasteiger partial charge in [-0.1, -0.05) is 0 Å². The van der Waals surface area contributed by atoms with Gasteiger partial charge in [0, 0.05) is 0 Å². The SMILES string of the molecule is CC(C)(C)OC(=O)OCO/N=[N+](\[O-])N1CCC(C(=O)O)CC1. The molecule has 1 aliphatic heterocycles. The molecule has 22 heavy (non-hydrogen) atoms. The molecule has 1 rings (SSSR count). The molecule has 0 aromatic rings. The molecule has 0 bridgehead atoms. The zero-order valence-electron chi connectivity index (χ0n) is 12.9. The molecule has 10 nitrogen and oxygen atoms in total. The zero-order valence-corrected chi connectivity index (χ0v) is 12.9. The molecular formula is C12H21N3O7. The number of carboxylic acids is 1. The number of ether oxygens (including phenoxy) is 2. The van der Waals surface area contributed by atoms with E-state index in [1.54, 1.807) is 20.8 Å². The van der Waals surface area contributed by atoms with Crippen molar-refractivity contribution in [1.82, 2.24) is 5.01 Å². The normalized spacial score (nSPS) is 17.0. The molecule has 0 aromatic heterocycles. The van der Waals surface area contributed by atoms with Crippen molar-refractivity contribution in [1.29, 1.82) is 0 Å². The van der Waals surface area contributed by atoms with Crippen LogP contribution < -0.4 is 0 Å². The summed E-state index contributed by atoms with van der Waals surface area (Å²) in [6.45, 7) is 5.01. The van der Waals surface area contributed by atoms with Crippen LogP contribution in [0, 0.1) is 11.1 Å². The number of carboxylic acid groups (broad SMARTS) is 1. The number of carbonyl (C=O) groups excluding carboxylic acids is 1. The van der Waals surface area contributed by atoms with Crippen LogP contribution in [0.2, 0.25) is 0 Å². The van der Waals surface area contributed by atoms with Gasteiger partial charge in [0.05, 0.1) is 24.0 Å². The van der Waals surface area contributed by atoms with Crippen molar-refractivity contribution in [3.8, 4) is 0 Å². The monoisotopic (exact) mass is 319 g/mol. The first-order valence-corrected chi connectivity index (χ1v) is 6.82. The molecule has 0 amide bonds. The van der Waals surface area contributed by atoms with Gasteiger partial charge in [-0.25, -0.2) is 4.79 Å². The van der Waals surface area contributed by atoms with Crippen LogP contribution in [0.15, 0.2) is 5.28 Å². The van der Waals surface area contributed by atoms with Crippen molar-refractivity contribution < 1.29 is 34.0 Å². The Labute approximate surface area is 127 Å². The van der Waals surface area contributed by atoms with Crippen molar-refractivity contribution in [3.63, 3.8) is 0 Å². The van der Waals surface area contributed by atoms with Crippen molar-refractivity contribution in [2.24, 2.45) is 11.2 Å². The van der Waals surface area contributed by atoms with Gasteiger partial charge in [0.2, 0.25) is 5.28 Å². The van der Waals surface area contributed by atoms with E-state index in [1.807, 2.05) is 0 Å². The highest BCUT2D eigenvalue weighted by molar-refractivity contribution is 5.70. The fraction of sp³-hybridized carbons (Fsp3) is 0.833. The minimum absolute atomic E-state index is 0.219. The minimum Gasteiger partial charge on any atom is -0.569 e. The second kappa shape index (κ2) is 7.66. The van der Waals surface area contributed by atoms with Crippen LogP contribution in [-0.2, 0) is 19.1 Å². The number of nitrogens with zero attached hydrogens (tertiary/aromatic N) is 3. The van der Waals surface area contributed by atoms with Crippen LogP contribution in [0.25, 0.3) is 0 Å². The summed E-state index contributed by atoms with van der Waals surface area (Å²) in [5.74, 6) is -1.31. The predicted molar refractivity (Wildman–Crippen MR) is 71.3 cm³/mol. The molecule has 126 valence electrons. The number of aliphatic carboxylic acids is 1. The number of hydrazine groups is 1. The highest BCUT2D eigenvalue weighted by Gasteiger charge is 2.28. The lowest BCUT2D eigenvalue weighted by Crippen LogP contribution is -2.40. The Kier molecular flexibility index (Phi) is 6.20. The summed E-state index contributed by atoms with van der Waals surface area (Å²) in [5.41, 5.74) is -0.687. The van der Waals surface area contributed by atoms with E-state index in [1.165, 1.54) is 5.01 Å². The molecule has 1 heterocycles. The molecular weight excluding hydrogens is 298 g/mol. The second-order valence-corrected chi connectivity index (χ2v) is 5.76. The minimum atomic E-state index is -0.928. The van der Waals surface area contributed by atoms with Crippen LogP contribution in [0.3, 0.4) is 0 Å². The third-order valence-corrected chi connectivity index (χ3v) is 2.81. The largest absolute Gasteiger partial charge is 0.569 e. The lowest BCUT2D eigenvalue weighted by molar-refractivity contribution is -0.713. The summed E-state index contributed by atoms with van der Waals surface area (Å²) in [7, 11) is 0. The molecule has 1 saturated heterocycles. The van der Waals surface area contributed by atoms with Crippen LogP contribution in [0.5, 0.6) is 0 Å². The summed E-state index contributed by atoms with van der Waals surface area (Å²) in [5, 5.41) is 24.9. The third kappa shape index (κ3) is 6.46. The van der Waals surface area contributed by atoms with Crippen molar-refractivity contribution >= 4 is 12.1 Å². The number of rotatable bonds is 5. The van der Waals surface area contributed by atoms with Gasteiger partial charge in [0.25, 0.3) is 6.79 Å². The van der Waals surface area contributed by atoms with E-state index < -0.39 is 30.4 Å². The molecule has 0 aromatic carbocycles. The third-order valence-electron chi connectivity index (χ3n) is 2.81. The summed E-state index contributed by atoms with van der Waals surface area (Å²) in [6.07, 6.45) is -0.210. The zero-order chi connectivity index (χ0) is 16.8. The Bertz CT molecular complexity index is 425. The molecule has 0 unspecified atom stereocenters. The van der Waals surface area contributed by atoms with Crippen LogP contribution >= 0.6 is 0 Å². The first-order valence-electron chi connectivity index (χ1n) is 6.82. The van der Waals surface area contributed by atoms with E-state index in [4.69, 9.17) is 9.84 Å². The van der Waals surface area contributed by atoms with Gasteiger partial charge in [-0.05, 0) is 33.6 Å². The summed E-state index contributed by atoms with van der Waals surface area (Å²) in [4.78, 5) is 26.8. The molecule has 0 radical (unpaired) electrons. The average Bonchev–Trinajstić information content (AvgIpc) is 2.41. The maximum atomic E-state index is 11.6. The fourth-order valence-corrected chi connectivity index (χ4v) is 1.76. The molecule has 1 fully saturated rings. The Morgan fingerprint density at radius 2 is 1.95 bits per heavy atom. The number of piperidine rings is 1. The highest BCUT2D eigenvalue weighted by atomic mass is 16.8. The van der Waals surface area contributed by atoms with Crippen LogP contribution in [0.1, 0.15) is 33.6 Å². The molecule has 0 atom stereocenters. The predicted octanol–water partition coefficient (Wildman–Crippen LogP) is 1.50. The maximum absolute atomic E-state index is 11.6. The van der Waals surface area contributed by atoms with Crippen LogP contribution in [-0.4, -0.2) is 52.7 Å². The molecule has 1 aliphatic rings. The van der Waals surface area contributed by atoms with E-state index in [0.717, 1.165) is 0 Å². The van der Waals surface area contributed by atoms with Crippen molar-refractivity contribution in [2.45, 2.75) is 39.2 Å². The Morgan fingerprint density at radius 3 is 2.45 bits per heavy atom. The van der Waals surface area contributed by atoms with E-state index >= 15 is 0 Å². The fourth-order valence-electron chi connectivity index (χ4n) is 1.76. The van der Waals surface area contributed by atoms with Gasteiger partial charge in [-0.15, -0.1) is 5.01 Å².